The van der Waals surface area contributed by atoms with E-state index in [2.05, 4.69) is 15.6 Å². The molecule has 7 heteroatoms. The maximum absolute atomic E-state index is 13.4. The number of thiocarbonyl (C=S) groups is 1. The number of rotatable bonds is 6. The van der Waals surface area contributed by atoms with Crippen molar-refractivity contribution < 1.29 is 4.39 Å². The van der Waals surface area contributed by atoms with Crippen molar-refractivity contribution in [3.8, 4) is 0 Å². The number of benzene rings is 3. The fourth-order valence-electron chi connectivity index (χ4n) is 3.14. The maximum atomic E-state index is 13.4. The van der Waals surface area contributed by atoms with Gasteiger partial charge in [0.2, 0.25) is 0 Å². The SMILES string of the molecule is Fc1cccc(NC(=S)C/C=C(\Cc2ccccc2Cl)n2nnc3ccccc32)c1. The van der Waals surface area contributed by atoms with Gasteiger partial charge in [0.1, 0.15) is 11.3 Å². The van der Waals surface area contributed by atoms with E-state index in [4.69, 9.17) is 23.8 Å². The quantitative estimate of drug-likeness (QED) is 0.369. The first-order chi connectivity index (χ1) is 14.6. The summed E-state index contributed by atoms with van der Waals surface area (Å²) in [5, 5.41) is 12.4. The van der Waals surface area contributed by atoms with Crippen LogP contribution in [0.5, 0.6) is 0 Å². The predicted molar refractivity (Wildman–Crippen MR) is 124 cm³/mol. The van der Waals surface area contributed by atoms with Crippen molar-refractivity contribution in [2.45, 2.75) is 12.8 Å². The van der Waals surface area contributed by atoms with E-state index >= 15 is 0 Å². The van der Waals surface area contributed by atoms with Gasteiger partial charge in [-0.2, -0.15) is 0 Å². The number of hydrogen-bond donors (Lipinski definition) is 1. The summed E-state index contributed by atoms with van der Waals surface area (Å²) in [5.41, 5.74) is 4.21. The Hall–Kier alpha value is -3.09. The Morgan fingerprint density at radius 1 is 1.07 bits per heavy atom. The number of allylic oxidation sites excluding steroid dienone is 1. The van der Waals surface area contributed by atoms with Crippen LogP contribution in [0.1, 0.15) is 12.0 Å². The van der Waals surface area contributed by atoms with Crippen LogP contribution in [0.3, 0.4) is 0 Å². The molecule has 0 bridgehead atoms. The largest absolute Gasteiger partial charge is 0.350 e. The molecule has 4 nitrogen and oxygen atoms in total. The van der Waals surface area contributed by atoms with Gasteiger partial charge in [-0.25, -0.2) is 9.07 Å². The Balaban J connectivity index is 1.62. The molecule has 1 heterocycles. The molecule has 0 amide bonds. The Morgan fingerprint density at radius 3 is 2.70 bits per heavy atom. The second kappa shape index (κ2) is 9.15. The maximum Gasteiger partial charge on any atom is 0.125 e. The van der Waals surface area contributed by atoms with Gasteiger partial charge in [-0.15, -0.1) is 5.10 Å². The Morgan fingerprint density at radius 2 is 1.87 bits per heavy atom. The van der Waals surface area contributed by atoms with E-state index in [0.29, 0.717) is 28.5 Å². The van der Waals surface area contributed by atoms with E-state index in [1.807, 2.05) is 59.3 Å². The average Bonchev–Trinajstić information content (AvgIpc) is 3.16. The van der Waals surface area contributed by atoms with Gasteiger partial charge >= 0.3 is 0 Å². The molecule has 0 radical (unpaired) electrons. The molecule has 0 saturated heterocycles. The topological polar surface area (TPSA) is 42.7 Å². The number of aromatic nitrogens is 3. The summed E-state index contributed by atoms with van der Waals surface area (Å²) in [6.45, 7) is 0. The first-order valence-corrected chi connectivity index (χ1v) is 10.2. The molecule has 4 rings (SSSR count). The molecule has 0 aliphatic carbocycles. The van der Waals surface area contributed by atoms with Crippen LogP contribution in [0.2, 0.25) is 5.02 Å². The Bertz CT molecular complexity index is 1230. The summed E-state index contributed by atoms with van der Waals surface area (Å²) in [5.74, 6) is -0.313. The molecule has 0 saturated carbocycles. The van der Waals surface area contributed by atoms with Gasteiger partial charge in [-0.05, 0) is 42.0 Å². The van der Waals surface area contributed by atoms with Crippen LogP contribution in [0.25, 0.3) is 16.7 Å². The Kier molecular flexibility index (Phi) is 6.16. The molecule has 0 aliphatic rings. The first kappa shape index (κ1) is 20.2. The monoisotopic (exact) mass is 436 g/mol. The molecular formula is C23H18ClFN4S. The zero-order chi connectivity index (χ0) is 20.9. The zero-order valence-electron chi connectivity index (χ0n) is 15.9. The summed E-state index contributed by atoms with van der Waals surface area (Å²) in [4.78, 5) is 0.571. The fraction of sp³-hybridized carbons (Fsp3) is 0.0870. The number of anilines is 1. The van der Waals surface area contributed by atoms with Crippen molar-refractivity contribution in [1.82, 2.24) is 15.0 Å². The number of nitrogens with zero attached hydrogens (tertiary/aromatic N) is 3. The van der Waals surface area contributed by atoms with Gasteiger partial charge in [0.25, 0.3) is 0 Å². The molecule has 4 aromatic rings. The van der Waals surface area contributed by atoms with Gasteiger partial charge < -0.3 is 5.32 Å². The molecular weight excluding hydrogens is 419 g/mol. The Labute approximate surface area is 184 Å². The standard InChI is InChI=1S/C23H18ClFN4S/c24-20-9-2-1-6-16(20)14-19(29-22-11-4-3-10-21(22)27-28-29)12-13-23(30)26-18-8-5-7-17(25)15-18/h1-12,15H,13-14H2,(H,26,30)/b19-12+. The third-order valence-electron chi connectivity index (χ3n) is 4.58. The van der Waals surface area contributed by atoms with Gasteiger partial charge in [-0.3, -0.25) is 0 Å². The second-order valence-corrected chi connectivity index (χ2v) is 7.62. The van der Waals surface area contributed by atoms with Crippen LogP contribution >= 0.6 is 23.8 Å². The second-order valence-electron chi connectivity index (χ2n) is 6.72. The summed E-state index contributed by atoms with van der Waals surface area (Å²) in [6, 6.07) is 21.7. The van der Waals surface area contributed by atoms with Crippen LogP contribution in [0, 0.1) is 5.82 Å². The normalized spacial score (nSPS) is 11.6. The van der Waals surface area contributed by atoms with Gasteiger partial charge in [0.05, 0.1) is 10.5 Å². The molecule has 0 spiro atoms. The highest BCUT2D eigenvalue weighted by molar-refractivity contribution is 7.80. The number of nitrogens with one attached hydrogen (secondary N) is 1. The molecule has 150 valence electrons. The van der Waals surface area contributed by atoms with Gasteiger partial charge in [-0.1, -0.05) is 71.5 Å². The molecule has 0 aliphatic heterocycles. The number of para-hydroxylation sites is 1. The highest BCUT2D eigenvalue weighted by Crippen LogP contribution is 2.23. The summed E-state index contributed by atoms with van der Waals surface area (Å²) in [6.07, 6.45) is 3.02. The van der Waals surface area contributed by atoms with E-state index in [0.717, 1.165) is 22.3 Å². The third kappa shape index (κ3) is 4.72. The highest BCUT2D eigenvalue weighted by atomic mass is 35.5. The van der Waals surface area contributed by atoms with E-state index in [1.54, 1.807) is 12.1 Å². The molecule has 30 heavy (non-hydrogen) atoms. The zero-order valence-corrected chi connectivity index (χ0v) is 17.5. The van der Waals surface area contributed by atoms with Crippen molar-refractivity contribution in [1.29, 1.82) is 0 Å². The average molecular weight is 437 g/mol. The van der Waals surface area contributed by atoms with Crippen molar-refractivity contribution >= 4 is 51.2 Å². The fourth-order valence-corrected chi connectivity index (χ4v) is 3.54. The van der Waals surface area contributed by atoms with E-state index in [1.165, 1.54) is 12.1 Å². The minimum Gasteiger partial charge on any atom is -0.350 e. The lowest BCUT2D eigenvalue weighted by atomic mass is 10.1. The molecule has 3 aromatic carbocycles. The molecule has 1 aromatic heterocycles. The van der Waals surface area contributed by atoms with E-state index < -0.39 is 0 Å². The first-order valence-electron chi connectivity index (χ1n) is 9.39. The summed E-state index contributed by atoms with van der Waals surface area (Å²) >= 11 is 11.9. The minimum absolute atomic E-state index is 0.313. The lowest BCUT2D eigenvalue weighted by Gasteiger charge is -2.11. The van der Waals surface area contributed by atoms with Crippen molar-refractivity contribution in [3.05, 3.63) is 95.3 Å². The van der Waals surface area contributed by atoms with Crippen LogP contribution in [-0.4, -0.2) is 20.0 Å². The van der Waals surface area contributed by atoms with Crippen LogP contribution in [0.4, 0.5) is 10.1 Å². The van der Waals surface area contributed by atoms with Crippen molar-refractivity contribution in [3.63, 3.8) is 0 Å². The molecule has 1 N–H and O–H groups in total. The molecule has 0 unspecified atom stereocenters. The van der Waals surface area contributed by atoms with Gasteiger partial charge in [0, 0.05) is 29.2 Å². The molecule has 0 atom stereocenters. The number of fused-ring (bicyclic) bond motifs is 1. The van der Waals surface area contributed by atoms with E-state index in [9.17, 15) is 4.39 Å². The lowest BCUT2D eigenvalue weighted by Crippen LogP contribution is -2.10. The minimum atomic E-state index is -0.313. The van der Waals surface area contributed by atoms with Crippen LogP contribution in [-0.2, 0) is 6.42 Å². The van der Waals surface area contributed by atoms with Crippen LogP contribution < -0.4 is 5.32 Å². The lowest BCUT2D eigenvalue weighted by molar-refractivity contribution is 0.628. The highest BCUT2D eigenvalue weighted by Gasteiger charge is 2.11. The molecule has 0 fully saturated rings. The smallest absolute Gasteiger partial charge is 0.125 e. The number of hydrogen-bond acceptors (Lipinski definition) is 3. The summed E-state index contributed by atoms with van der Waals surface area (Å²) < 4.78 is 15.2. The van der Waals surface area contributed by atoms with Gasteiger partial charge in [0.15, 0.2) is 0 Å². The number of halogens is 2. The van der Waals surface area contributed by atoms with Crippen molar-refractivity contribution in [2.75, 3.05) is 5.32 Å². The third-order valence-corrected chi connectivity index (χ3v) is 5.22. The van der Waals surface area contributed by atoms with Crippen molar-refractivity contribution in [2.24, 2.45) is 0 Å². The predicted octanol–water partition coefficient (Wildman–Crippen LogP) is 6.14. The van der Waals surface area contributed by atoms with Crippen LogP contribution in [0.15, 0.2) is 78.9 Å². The van der Waals surface area contributed by atoms with E-state index in [-0.39, 0.29) is 5.82 Å². The summed E-state index contributed by atoms with van der Waals surface area (Å²) in [7, 11) is 0.